The summed E-state index contributed by atoms with van der Waals surface area (Å²) in [4.78, 5) is 0.753. The number of benzene rings is 2. The standard InChI is InChI=1S/C19H22N2O2S/c1-13-2-4-14(5-3-13)24(22,23)15-6-7-18-17(12-15)16-8-10-20-11-9-19(16)21-18/h2-7,12,16,19-21H,8-11H2,1H3/t16-,19-/m1/s1. The quantitative estimate of drug-likeness (QED) is 0.880. The van der Waals surface area contributed by atoms with E-state index in [-0.39, 0.29) is 0 Å². The van der Waals surface area contributed by atoms with Crippen molar-refractivity contribution in [2.75, 3.05) is 18.4 Å². The second-order valence-corrected chi connectivity index (χ2v) is 8.70. The van der Waals surface area contributed by atoms with E-state index in [0.717, 1.165) is 42.7 Å². The van der Waals surface area contributed by atoms with Gasteiger partial charge in [-0.1, -0.05) is 17.7 Å². The molecule has 2 aliphatic heterocycles. The lowest BCUT2D eigenvalue weighted by Crippen LogP contribution is -2.21. The van der Waals surface area contributed by atoms with Crippen LogP contribution in [0.4, 0.5) is 5.69 Å². The van der Waals surface area contributed by atoms with Gasteiger partial charge in [0.2, 0.25) is 9.84 Å². The molecule has 1 saturated heterocycles. The Morgan fingerprint density at radius 1 is 0.958 bits per heavy atom. The molecule has 0 aromatic heterocycles. The minimum Gasteiger partial charge on any atom is -0.381 e. The van der Waals surface area contributed by atoms with Crippen LogP contribution in [0.15, 0.2) is 52.3 Å². The molecule has 126 valence electrons. The van der Waals surface area contributed by atoms with Crippen LogP contribution in [0.25, 0.3) is 0 Å². The van der Waals surface area contributed by atoms with E-state index in [9.17, 15) is 8.42 Å². The van der Waals surface area contributed by atoms with Crippen molar-refractivity contribution in [2.45, 2.75) is 41.5 Å². The lowest BCUT2D eigenvalue weighted by molar-refractivity contribution is 0.576. The van der Waals surface area contributed by atoms with Crippen LogP contribution < -0.4 is 10.6 Å². The first-order valence-corrected chi connectivity index (χ1v) is 9.97. The predicted octanol–water partition coefficient (Wildman–Crippen LogP) is 3.09. The molecule has 2 heterocycles. The van der Waals surface area contributed by atoms with Crippen LogP contribution in [0.2, 0.25) is 0 Å². The topological polar surface area (TPSA) is 58.2 Å². The average Bonchev–Trinajstić information content (AvgIpc) is 2.75. The SMILES string of the molecule is Cc1ccc(S(=O)(=O)c2ccc3c(c2)[C@H]2CCNCC[C@H]2N3)cc1. The van der Waals surface area contributed by atoms with Crippen molar-refractivity contribution in [1.29, 1.82) is 0 Å². The lowest BCUT2D eigenvalue weighted by atomic mass is 9.91. The number of nitrogens with one attached hydrogen (secondary N) is 2. The van der Waals surface area contributed by atoms with Crippen LogP contribution in [0, 0.1) is 6.92 Å². The van der Waals surface area contributed by atoms with Gasteiger partial charge in [0.15, 0.2) is 0 Å². The maximum Gasteiger partial charge on any atom is 0.206 e. The first-order valence-electron chi connectivity index (χ1n) is 8.49. The van der Waals surface area contributed by atoms with Gasteiger partial charge in [0, 0.05) is 17.6 Å². The fourth-order valence-electron chi connectivity index (χ4n) is 3.79. The normalized spacial score (nSPS) is 23.0. The first-order chi connectivity index (χ1) is 11.6. The largest absolute Gasteiger partial charge is 0.381 e. The Bertz CT molecular complexity index is 859. The lowest BCUT2D eigenvalue weighted by Gasteiger charge is -2.16. The van der Waals surface area contributed by atoms with Gasteiger partial charge in [-0.3, -0.25) is 0 Å². The summed E-state index contributed by atoms with van der Waals surface area (Å²) in [5.74, 6) is 0.392. The van der Waals surface area contributed by atoms with Gasteiger partial charge in [0.25, 0.3) is 0 Å². The second kappa shape index (κ2) is 5.90. The molecule has 0 aliphatic carbocycles. The molecule has 5 heteroatoms. The summed E-state index contributed by atoms with van der Waals surface area (Å²) in [5, 5.41) is 6.99. The molecule has 4 nitrogen and oxygen atoms in total. The van der Waals surface area contributed by atoms with Crippen molar-refractivity contribution >= 4 is 15.5 Å². The van der Waals surface area contributed by atoms with Gasteiger partial charge >= 0.3 is 0 Å². The molecule has 24 heavy (non-hydrogen) atoms. The van der Waals surface area contributed by atoms with Gasteiger partial charge in [0.1, 0.15) is 0 Å². The minimum absolute atomic E-state index is 0.359. The second-order valence-electron chi connectivity index (χ2n) is 6.75. The molecule has 0 unspecified atom stereocenters. The van der Waals surface area contributed by atoms with Gasteiger partial charge < -0.3 is 10.6 Å². The minimum atomic E-state index is -3.47. The van der Waals surface area contributed by atoms with E-state index in [2.05, 4.69) is 10.6 Å². The Hall–Kier alpha value is -1.85. The van der Waals surface area contributed by atoms with Gasteiger partial charge in [-0.2, -0.15) is 0 Å². The average molecular weight is 342 g/mol. The van der Waals surface area contributed by atoms with E-state index in [4.69, 9.17) is 0 Å². The van der Waals surface area contributed by atoms with Crippen LogP contribution in [0.3, 0.4) is 0 Å². The highest BCUT2D eigenvalue weighted by molar-refractivity contribution is 7.91. The zero-order valence-electron chi connectivity index (χ0n) is 13.7. The third-order valence-corrected chi connectivity index (χ3v) is 6.92. The first kappa shape index (κ1) is 15.7. The number of hydrogen-bond donors (Lipinski definition) is 2. The molecule has 2 aromatic rings. The number of aryl methyl sites for hydroxylation is 1. The Kier molecular flexibility index (Phi) is 3.85. The summed E-state index contributed by atoms with van der Waals surface area (Å²) in [6.45, 7) is 3.95. The molecule has 2 aromatic carbocycles. The van der Waals surface area contributed by atoms with Gasteiger partial charge in [-0.05, 0) is 68.8 Å². The number of fused-ring (bicyclic) bond motifs is 3. The molecule has 2 aliphatic rings. The Morgan fingerprint density at radius 2 is 1.67 bits per heavy atom. The summed E-state index contributed by atoms with van der Waals surface area (Å²) < 4.78 is 25.9. The van der Waals surface area contributed by atoms with E-state index < -0.39 is 9.84 Å². The highest BCUT2D eigenvalue weighted by Crippen LogP contribution is 2.41. The van der Waals surface area contributed by atoms with Gasteiger partial charge in [0.05, 0.1) is 9.79 Å². The van der Waals surface area contributed by atoms with E-state index in [1.807, 2.05) is 31.2 Å². The van der Waals surface area contributed by atoms with Crippen LogP contribution >= 0.6 is 0 Å². The third-order valence-electron chi connectivity index (χ3n) is 5.15. The van der Waals surface area contributed by atoms with Crippen molar-refractivity contribution < 1.29 is 8.42 Å². The molecule has 0 spiro atoms. The molecule has 0 amide bonds. The monoisotopic (exact) mass is 342 g/mol. The molecule has 0 radical (unpaired) electrons. The van der Waals surface area contributed by atoms with E-state index in [1.54, 1.807) is 18.2 Å². The molecule has 0 bridgehead atoms. The summed E-state index contributed by atoms with van der Waals surface area (Å²) in [7, 11) is -3.47. The fourth-order valence-corrected chi connectivity index (χ4v) is 5.08. The zero-order chi connectivity index (χ0) is 16.7. The van der Waals surface area contributed by atoms with Crippen molar-refractivity contribution in [3.8, 4) is 0 Å². The third kappa shape index (κ3) is 2.62. The Labute approximate surface area is 143 Å². The Morgan fingerprint density at radius 3 is 2.46 bits per heavy atom. The van der Waals surface area contributed by atoms with E-state index in [1.165, 1.54) is 0 Å². The van der Waals surface area contributed by atoms with Crippen molar-refractivity contribution in [1.82, 2.24) is 5.32 Å². The van der Waals surface area contributed by atoms with Crippen molar-refractivity contribution in [3.63, 3.8) is 0 Å². The molecule has 2 atom stereocenters. The molecular formula is C19H22N2O2S. The molecule has 0 saturated carbocycles. The molecule has 1 fully saturated rings. The van der Waals surface area contributed by atoms with Crippen LogP contribution in [0.1, 0.15) is 29.9 Å². The van der Waals surface area contributed by atoms with Crippen LogP contribution in [-0.2, 0) is 9.84 Å². The smallest absolute Gasteiger partial charge is 0.206 e. The van der Waals surface area contributed by atoms with E-state index >= 15 is 0 Å². The van der Waals surface area contributed by atoms with E-state index in [0.29, 0.717) is 21.8 Å². The summed E-state index contributed by atoms with van der Waals surface area (Å²) in [6.07, 6.45) is 2.11. The summed E-state index contributed by atoms with van der Waals surface area (Å²) >= 11 is 0. The molecule has 4 rings (SSSR count). The zero-order valence-corrected chi connectivity index (χ0v) is 14.6. The maximum absolute atomic E-state index is 12.9. The predicted molar refractivity (Wildman–Crippen MR) is 95.3 cm³/mol. The number of hydrogen-bond acceptors (Lipinski definition) is 4. The fraction of sp³-hybridized carbons (Fsp3) is 0.368. The highest BCUT2D eigenvalue weighted by Gasteiger charge is 2.33. The number of rotatable bonds is 2. The summed E-state index contributed by atoms with van der Waals surface area (Å²) in [6, 6.07) is 13.0. The van der Waals surface area contributed by atoms with Gasteiger partial charge in [-0.25, -0.2) is 8.42 Å². The molecular weight excluding hydrogens is 320 g/mol. The van der Waals surface area contributed by atoms with Crippen LogP contribution in [-0.4, -0.2) is 27.5 Å². The Balaban J connectivity index is 1.73. The maximum atomic E-state index is 12.9. The highest BCUT2D eigenvalue weighted by atomic mass is 32.2. The number of sulfone groups is 1. The van der Waals surface area contributed by atoms with Crippen molar-refractivity contribution in [3.05, 3.63) is 53.6 Å². The van der Waals surface area contributed by atoms with Crippen LogP contribution in [0.5, 0.6) is 0 Å². The molecule has 2 N–H and O–H groups in total. The van der Waals surface area contributed by atoms with Gasteiger partial charge in [-0.15, -0.1) is 0 Å². The number of anilines is 1. The van der Waals surface area contributed by atoms with Crippen molar-refractivity contribution in [2.24, 2.45) is 0 Å². The summed E-state index contributed by atoms with van der Waals surface area (Å²) in [5.41, 5.74) is 3.30.